The van der Waals surface area contributed by atoms with Crippen LogP contribution in [0.25, 0.3) is 0 Å². The largest absolute Gasteiger partial charge is 0.497 e. The molecular formula is C17H22N4O4S. The van der Waals surface area contributed by atoms with Crippen molar-refractivity contribution in [2.24, 2.45) is 0 Å². The number of methoxy groups -OCH3 is 1. The Kier molecular flexibility index (Phi) is 5.28. The maximum absolute atomic E-state index is 12.8. The molecule has 1 N–H and O–H groups in total. The third-order valence-corrected chi connectivity index (χ3v) is 5.04. The predicted octanol–water partition coefficient (Wildman–Crippen LogP) is 0.567. The van der Waals surface area contributed by atoms with Gasteiger partial charge in [0.15, 0.2) is 0 Å². The third kappa shape index (κ3) is 4.41. The molecule has 26 heavy (non-hydrogen) atoms. The van der Waals surface area contributed by atoms with Gasteiger partial charge in [-0.15, -0.1) is 0 Å². The lowest BCUT2D eigenvalue weighted by Crippen LogP contribution is -2.45. The summed E-state index contributed by atoms with van der Waals surface area (Å²) in [5, 5.41) is 0. The van der Waals surface area contributed by atoms with Crippen molar-refractivity contribution < 1.29 is 17.9 Å². The van der Waals surface area contributed by atoms with E-state index in [2.05, 4.69) is 9.71 Å². The molecule has 1 atom stereocenters. The Morgan fingerprint density at radius 2 is 2.23 bits per heavy atom. The summed E-state index contributed by atoms with van der Waals surface area (Å²) in [5.41, 5.74) is 1.76. The van der Waals surface area contributed by atoms with Gasteiger partial charge in [-0.3, -0.25) is 4.79 Å². The van der Waals surface area contributed by atoms with Crippen molar-refractivity contribution >= 4 is 15.9 Å². The molecule has 1 aliphatic heterocycles. The highest BCUT2D eigenvalue weighted by Gasteiger charge is 2.28. The zero-order valence-corrected chi connectivity index (χ0v) is 15.6. The van der Waals surface area contributed by atoms with Crippen molar-refractivity contribution in [3.63, 3.8) is 0 Å². The lowest BCUT2D eigenvalue weighted by Gasteiger charge is -2.34. The van der Waals surface area contributed by atoms with Crippen LogP contribution in [0.5, 0.6) is 5.75 Å². The van der Waals surface area contributed by atoms with E-state index in [1.54, 1.807) is 24.5 Å². The number of amides is 1. The number of hydrogen-bond donors (Lipinski definition) is 1. The molecule has 1 aromatic carbocycles. The topological polar surface area (TPSA) is 93.5 Å². The normalized spacial score (nSPS) is 17.0. The Bertz CT molecular complexity index is 894. The first-order valence-corrected chi connectivity index (χ1v) is 10.1. The molecule has 0 saturated heterocycles. The van der Waals surface area contributed by atoms with E-state index in [1.165, 1.54) is 0 Å². The number of carbonyl (C=O) groups is 1. The van der Waals surface area contributed by atoms with Gasteiger partial charge in [0.2, 0.25) is 15.9 Å². The van der Waals surface area contributed by atoms with Gasteiger partial charge in [0, 0.05) is 19.3 Å². The van der Waals surface area contributed by atoms with Gasteiger partial charge in [-0.05, 0) is 17.7 Å². The van der Waals surface area contributed by atoms with Crippen molar-refractivity contribution in [1.82, 2.24) is 19.2 Å². The van der Waals surface area contributed by atoms with Crippen LogP contribution < -0.4 is 9.46 Å². The molecule has 140 valence electrons. The average Bonchev–Trinajstić information content (AvgIpc) is 3.07. The SMILES string of the molecule is COc1cccc(CC(=O)N2Cc3cncn3[C@H](CNS(C)(=O)=O)C2)c1. The highest BCUT2D eigenvalue weighted by molar-refractivity contribution is 7.88. The number of hydrogen-bond acceptors (Lipinski definition) is 5. The zero-order valence-electron chi connectivity index (χ0n) is 14.8. The summed E-state index contributed by atoms with van der Waals surface area (Å²) in [4.78, 5) is 18.6. The number of carbonyl (C=O) groups excluding carboxylic acids is 1. The predicted molar refractivity (Wildman–Crippen MR) is 96.2 cm³/mol. The van der Waals surface area contributed by atoms with E-state index in [1.807, 2.05) is 28.8 Å². The lowest BCUT2D eigenvalue weighted by atomic mass is 10.1. The van der Waals surface area contributed by atoms with Crippen molar-refractivity contribution in [2.45, 2.75) is 19.0 Å². The number of sulfonamides is 1. The van der Waals surface area contributed by atoms with Crippen LogP contribution in [0.15, 0.2) is 36.8 Å². The number of ether oxygens (including phenoxy) is 1. The molecule has 0 fully saturated rings. The van der Waals surface area contributed by atoms with Gasteiger partial charge < -0.3 is 14.2 Å². The number of aromatic nitrogens is 2. The molecule has 0 bridgehead atoms. The third-order valence-electron chi connectivity index (χ3n) is 4.35. The van der Waals surface area contributed by atoms with E-state index in [9.17, 15) is 13.2 Å². The van der Waals surface area contributed by atoms with Crippen molar-refractivity contribution in [3.05, 3.63) is 48.0 Å². The van der Waals surface area contributed by atoms with Crippen LogP contribution in [0, 0.1) is 0 Å². The molecule has 0 spiro atoms. The molecule has 3 rings (SSSR count). The fraction of sp³-hybridized carbons (Fsp3) is 0.412. The quantitative estimate of drug-likeness (QED) is 0.793. The van der Waals surface area contributed by atoms with Crippen LogP contribution in [-0.2, 0) is 27.8 Å². The van der Waals surface area contributed by atoms with E-state index in [4.69, 9.17) is 4.74 Å². The van der Waals surface area contributed by atoms with Crippen molar-refractivity contribution in [1.29, 1.82) is 0 Å². The molecule has 9 heteroatoms. The fourth-order valence-electron chi connectivity index (χ4n) is 3.06. The number of benzene rings is 1. The molecule has 0 unspecified atom stereocenters. The van der Waals surface area contributed by atoms with Gasteiger partial charge in [0.25, 0.3) is 0 Å². The van der Waals surface area contributed by atoms with Gasteiger partial charge in [0.1, 0.15) is 5.75 Å². The van der Waals surface area contributed by atoms with Crippen LogP contribution in [0.4, 0.5) is 0 Å². The molecule has 1 aromatic heterocycles. The summed E-state index contributed by atoms with van der Waals surface area (Å²) < 4.78 is 32.5. The van der Waals surface area contributed by atoms with Gasteiger partial charge in [-0.1, -0.05) is 12.1 Å². The Morgan fingerprint density at radius 3 is 2.96 bits per heavy atom. The highest BCUT2D eigenvalue weighted by Crippen LogP contribution is 2.22. The average molecular weight is 378 g/mol. The molecule has 8 nitrogen and oxygen atoms in total. The van der Waals surface area contributed by atoms with Gasteiger partial charge in [0.05, 0.1) is 44.4 Å². The van der Waals surface area contributed by atoms with E-state index >= 15 is 0 Å². The monoisotopic (exact) mass is 378 g/mol. The maximum Gasteiger partial charge on any atom is 0.227 e. The lowest BCUT2D eigenvalue weighted by molar-refractivity contribution is -0.132. The van der Waals surface area contributed by atoms with Crippen LogP contribution in [0.2, 0.25) is 0 Å². The summed E-state index contributed by atoms with van der Waals surface area (Å²) in [6.07, 6.45) is 4.76. The van der Waals surface area contributed by atoms with E-state index in [-0.39, 0.29) is 24.9 Å². The number of nitrogens with one attached hydrogen (secondary N) is 1. The van der Waals surface area contributed by atoms with Crippen LogP contribution in [0.1, 0.15) is 17.3 Å². The van der Waals surface area contributed by atoms with Gasteiger partial charge >= 0.3 is 0 Å². The van der Waals surface area contributed by atoms with E-state index < -0.39 is 10.0 Å². The number of fused-ring (bicyclic) bond motifs is 1. The Balaban J connectivity index is 1.73. The molecule has 0 radical (unpaired) electrons. The summed E-state index contributed by atoms with van der Waals surface area (Å²) in [6, 6.07) is 7.23. The van der Waals surface area contributed by atoms with Crippen molar-refractivity contribution in [2.75, 3.05) is 26.5 Å². The first kappa shape index (κ1) is 18.4. The second kappa shape index (κ2) is 7.46. The molecular weight excluding hydrogens is 356 g/mol. The summed E-state index contributed by atoms with van der Waals surface area (Å²) in [7, 11) is -1.71. The first-order valence-electron chi connectivity index (χ1n) is 8.22. The Morgan fingerprint density at radius 1 is 1.42 bits per heavy atom. The molecule has 0 aliphatic carbocycles. The minimum atomic E-state index is -3.30. The highest BCUT2D eigenvalue weighted by atomic mass is 32.2. The molecule has 1 amide bonds. The number of rotatable bonds is 6. The van der Waals surface area contributed by atoms with Crippen molar-refractivity contribution in [3.8, 4) is 5.75 Å². The van der Waals surface area contributed by atoms with Gasteiger partial charge in [-0.25, -0.2) is 18.1 Å². The standard InChI is InChI=1S/C17H22N4O4S/c1-25-16-5-3-4-13(6-16)7-17(22)20-10-14-8-18-12-21(14)15(11-20)9-19-26(2,23)24/h3-6,8,12,15,19H,7,9-11H2,1-2H3/t15-/m1/s1. The van der Waals surface area contributed by atoms with Crippen LogP contribution in [-0.4, -0.2) is 55.2 Å². The summed E-state index contributed by atoms with van der Waals surface area (Å²) >= 11 is 0. The van der Waals surface area contributed by atoms with Gasteiger partial charge in [-0.2, -0.15) is 0 Å². The molecule has 0 saturated carbocycles. The van der Waals surface area contributed by atoms with E-state index in [0.29, 0.717) is 18.8 Å². The molecule has 1 aliphatic rings. The second-order valence-electron chi connectivity index (χ2n) is 6.37. The minimum Gasteiger partial charge on any atom is -0.497 e. The first-order chi connectivity index (χ1) is 12.4. The Labute approximate surface area is 152 Å². The smallest absolute Gasteiger partial charge is 0.227 e. The summed E-state index contributed by atoms with van der Waals surface area (Å²) in [6.45, 7) is 1.10. The van der Waals surface area contributed by atoms with Crippen LogP contribution >= 0.6 is 0 Å². The molecule has 2 heterocycles. The van der Waals surface area contributed by atoms with Crippen LogP contribution in [0.3, 0.4) is 0 Å². The van der Waals surface area contributed by atoms with E-state index in [0.717, 1.165) is 17.5 Å². The second-order valence-corrected chi connectivity index (χ2v) is 8.20. The minimum absolute atomic E-state index is 0.0185. The number of imidazole rings is 1. The zero-order chi connectivity index (χ0) is 18.7. The fourth-order valence-corrected chi connectivity index (χ4v) is 3.55. The Hall–Kier alpha value is -2.39. The maximum atomic E-state index is 12.8. The number of nitrogens with zero attached hydrogens (tertiary/aromatic N) is 3. The molecule has 2 aromatic rings. The summed E-state index contributed by atoms with van der Waals surface area (Å²) in [5.74, 6) is 0.692.